The van der Waals surface area contributed by atoms with Crippen LogP contribution in [0.3, 0.4) is 0 Å². The summed E-state index contributed by atoms with van der Waals surface area (Å²) in [6.45, 7) is 19.3. The van der Waals surface area contributed by atoms with Gasteiger partial charge in [0.1, 0.15) is 5.75 Å². The van der Waals surface area contributed by atoms with Crippen molar-refractivity contribution in [3.8, 4) is 11.5 Å². The van der Waals surface area contributed by atoms with E-state index in [1.807, 2.05) is 7.11 Å². The van der Waals surface area contributed by atoms with Crippen LogP contribution in [0, 0.1) is 23.2 Å². The smallest absolute Gasteiger partial charge is 0.258 e. The van der Waals surface area contributed by atoms with Gasteiger partial charge in [0.15, 0.2) is 5.75 Å². The van der Waals surface area contributed by atoms with Gasteiger partial charge in [-0.25, -0.2) is 0 Å². The van der Waals surface area contributed by atoms with Gasteiger partial charge < -0.3 is 9.16 Å². The Morgan fingerprint density at radius 3 is 2.23 bits per heavy atom. The largest absolute Gasteiger partial charge is 0.540 e. The van der Waals surface area contributed by atoms with Gasteiger partial charge >= 0.3 is 0 Å². The molecule has 0 radical (unpaired) electrons. The zero-order valence-electron chi connectivity index (χ0n) is 24.0. The molecular formula is C31H51BrO2Si. The molecule has 1 aromatic rings. The van der Waals surface area contributed by atoms with Gasteiger partial charge in [-0.2, -0.15) is 0 Å². The van der Waals surface area contributed by atoms with Crippen LogP contribution in [0.5, 0.6) is 11.5 Å². The Bertz CT molecular complexity index is 888. The molecule has 0 spiro atoms. The Kier molecular flexibility index (Phi) is 8.15. The SMILES string of the molecule is CC[C@H]1CC[C@H]2[C@@H]3CCc4cc(O[Si](C(C)C)(C(C)C)C(C)C)c(OC)c(CBr)c4[C@H]3CC[C@]12C. The summed E-state index contributed by atoms with van der Waals surface area (Å²) in [5, 5.41) is 0.845. The molecule has 198 valence electrons. The maximum atomic E-state index is 7.26. The van der Waals surface area contributed by atoms with Crippen molar-refractivity contribution in [3.63, 3.8) is 0 Å². The highest BCUT2D eigenvalue weighted by Gasteiger charge is 2.55. The summed E-state index contributed by atoms with van der Waals surface area (Å²) in [6.07, 6.45) is 9.52. The number of rotatable bonds is 8. The van der Waals surface area contributed by atoms with Crippen molar-refractivity contribution in [2.45, 2.75) is 128 Å². The lowest BCUT2D eigenvalue weighted by molar-refractivity contribution is 0.0271. The Balaban J connectivity index is 1.78. The average Bonchev–Trinajstić information content (AvgIpc) is 3.16. The summed E-state index contributed by atoms with van der Waals surface area (Å²) in [5.41, 5.74) is 6.74. The summed E-state index contributed by atoms with van der Waals surface area (Å²) < 4.78 is 13.5. The van der Waals surface area contributed by atoms with E-state index in [1.54, 1.807) is 11.1 Å². The number of ether oxygens (including phenoxy) is 1. The Morgan fingerprint density at radius 2 is 1.69 bits per heavy atom. The van der Waals surface area contributed by atoms with Crippen LogP contribution in [0.25, 0.3) is 0 Å². The van der Waals surface area contributed by atoms with E-state index in [0.717, 1.165) is 34.6 Å². The fourth-order valence-electron chi connectivity index (χ4n) is 9.56. The van der Waals surface area contributed by atoms with Gasteiger partial charge in [0, 0.05) is 10.9 Å². The fourth-order valence-corrected chi connectivity index (χ4v) is 15.4. The molecule has 3 aliphatic carbocycles. The molecule has 4 heteroatoms. The van der Waals surface area contributed by atoms with Crippen molar-refractivity contribution < 1.29 is 9.16 Å². The number of hydrogen-bond donors (Lipinski definition) is 0. The minimum Gasteiger partial charge on any atom is -0.540 e. The molecule has 2 saturated carbocycles. The second-order valence-corrected chi connectivity index (χ2v) is 19.1. The standard InChI is InChI=1S/C31H51BrO2Si/c1-10-23-12-14-27-24-13-11-22-17-28(34-35(19(2)3,20(4)5)21(6)7)30(33-9)26(18-32)29(22)25(24)15-16-31(23,27)8/h17,19-21,23-25,27H,10-16,18H2,1-9H3/t23-,24+,25-,27-,31+/m0/s1. The first-order valence-electron chi connectivity index (χ1n) is 14.5. The molecule has 0 bridgehead atoms. The number of methoxy groups -OCH3 is 1. The predicted octanol–water partition coefficient (Wildman–Crippen LogP) is 10.0. The van der Waals surface area contributed by atoms with Crippen molar-refractivity contribution in [2.24, 2.45) is 23.2 Å². The molecule has 5 atom stereocenters. The lowest BCUT2D eigenvalue weighted by atomic mass is 9.53. The summed E-state index contributed by atoms with van der Waals surface area (Å²) in [6, 6.07) is 2.42. The van der Waals surface area contributed by atoms with Crippen molar-refractivity contribution in [1.29, 1.82) is 0 Å². The highest BCUT2D eigenvalue weighted by Crippen LogP contribution is 2.64. The van der Waals surface area contributed by atoms with E-state index in [2.05, 4.69) is 77.4 Å². The molecule has 0 amide bonds. The molecular weight excluding hydrogens is 512 g/mol. The first kappa shape index (κ1) is 27.5. The fraction of sp³-hybridized carbons (Fsp3) is 0.806. The molecule has 0 unspecified atom stereocenters. The van der Waals surface area contributed by atoms with E-state index >= 15 is 0 Å². The normalized spacial score (nSPS) is 30.4. The van der Waals surface area contributed by atoms with Crippen LogP contribution in [0.1, 0.15) is 117 Å². The van der Waals surface area contributed by atoms with E-state index in [4.69, 9.17) is 9.16 Å². The minimum absolute atomic E-state index is 0.546. The van der Waals surface area contributed by atoms with Gasteiger partial charge in [-0.05, 0) is 101 Å². The molecule has 0 heterocycles. The quantitative estimate of drug-likeness (QED) is 0.231. The van der Waals surface area contributed by atoms with Crippen LogP contribution in [-0.2, 0) is 11.8 Å². The van der Waals surface area contributed by atoms with Gasteiger partial charge in [0.25, 0.3) is 8.32 Å². The first-order valence-corrected chi connectivity index (χ1v) is 17.8. The zero-order chi connectivity index (χ0) is 25.7. The van der Waals surface area contributed by atoms with E-state index in [0.29, 0.717) is 28.0 Å². The number of hydrogen-bond acceptors (Lipinski definition) is 2. The molecule has 2 nitrogen and oxygen atoms in total. The van der Waals surface area contributed by atoms with Crippen molar-refractivity contribution in [3.05, 3.63) is 22.8 Å². The second kappa shape index (κ2) is 10.3. The van der Waals surface area contributed by atoms with Crippen LogP contribution in [0.15, 0.2) is 6.07 Å². The maximum Gasteiger partial charge on any atom is 0.258 e. The van der Waals surface area contributed by atoms with Gasteiger partial charge in [0.2, 0.25) is 0 Å². The molecule has 2 fully saturated rings. The third-order valence-electron chi connectivity index (χ3n) is 11.0. The van der Waals surface area contributed by atoms with Crippen molar-refractivity contribution in [1.82, 2.24) is 0 Å². The molecule has 4 rings (SSSR count). The molecule has 0 aromatic heterocycles. The summed E-state index contributed by atoms with van der Waals surface area (Å²) in [5.74, 6) is 5.37. The van der Waals surface area contributed by atoms with Crippen LogP contribution >= 0.6 is 15.9 Å². The topological polar surface area (TPSA) is 18.5 Å². The average molecular weight is 564 g/mol. The summed E-state index contributed by atoms with van der Waals surface area (Å²) >= 11 is 3.91. The van der Waals surface area contributed by atoms with Crippen LogP contribution in [0.4, 0.5) is 0 Å². The molecule has 0 N–H and O–H groups in total. The maximum absolute atomic E-state index is 7.26. The van der Waals surface area contributed by atoms with Gasteiger partial charge in [-0.15, -0.1) is 0 Å². The van der Waals surface area contributed by atoms with Gasteiger partial charge in [0.05, 0.1) is 7.11 Å². The van der Waals surface area contributed by atoms with Crippen LogP contribution in [0.2, 0.25) is 16.6 Å². The Hall–Kier alpha value is -0.483. The van der Waals surface area contributed by atoms with E-state index in [1.165, 1.54) is 50.5 Å². The Labute approximate surface area is 225 Å². The third-order valence-corrected chi connectivity index (χ3v) is 17.6. The first-order chi connectivity index (χ1) is 16.6. The minimum atomic E-state index is -2.07. The third kappa shape index (κ3) is 4.25. The number of fused-ring (bicyclic) bond motifs is 5. The van der Waals surface area contributed by atoms with Crippen molar-refractivity contribution in [2.75, 3.05) is 7.11 Å². The number of benzene rings is 1. The predicted molar refractivity (Wildman–Crippen MR) is 156 cm³/mol. The zero-order valence-corrected chi connectivity index (χ0v) is 26.6. The van der Waals surface area contributed by atoms with Crippen LogP contribution in [-0.4, -0.2) is 15.4 Å². The number of halogens is 1. The van der Waals surface area contributed by atoms with Gasteiger partial charge in [-0.3, -0.25) is 0 Å². The lowest BCUT2D eigenvalue weighted by Crippen LogP contribution is -2.50. The number of alkyl halides is 1. The van der Waals surface area contributed by atoms with E-state index in [9.17, 15) is 0 Å². The monoisotopic (exact) mass is 562 g/mol. The number of aryl methyl sites for hydroxylation is 1. The van der Waals surface area contributed by atoms with E-state index in [-0.39, 0.29) is 0 Å². The summed E-state index contributed by atoms with van der Waals surface area (Å²) in [7, 11) is -0.214. The second-order valence-electron chi connectivity index (χ2n) is 13.2. The molecule has 1 aromatic carbocycles. The highest BCUT2D eigenvalue weighted by atomic mass is 79.9. The molecule has 0 saturated heterocycles. The van der Waals surface area contributed by atoms with Gasteiger partial charge in [-0.1, -0.05) is 77.7 Å². The molecule has 35 heavy (non-hydrogen) atoms. The van der Waals surface area contributed by atoms with Crippen LogP contribution < -0.4 is 9.16 Å². The Morgan fingerprint density at radius 1 is 1.03 bits per heavy atom. The van der Waals surface area contributed by atoms with Crippen molar-refractivity contribution >= 4 is 24.2 Å². The lowest BCUT2D eigenvalue weighted by Gasteiger charge is -2.51. The molecule has 3 aliphatic rings. The highest BCUT2D eigenvalue weighted by molar-refractivity contribution is 9.08. The van der Waals surface area contributed by atoms with E-state index < -0.39 is 8.32 Å². The summed E-state index contributed by atoms with van der Waals surface area (Å²) in [4.78, 5) is 0. The molecule has 0 aliphatic heterocycles.